The summed E-state index contributed by atoms with van der Waals surface area (Å²) in [5.41, 5.74) is 3.11. The van der Waals surface area contributed by atoms with E-state index in [9.17, 15) is 0 Å². The zero-order chi connectivity index (χ0) is 33.6. The van der Waals surface area contributed by atoms with Crippen molar-refractivity contribution in [3.05, 3.63) is 153 Å². The standard InChI is InChI=1S/C20H14BrNO.C12H12O.C9H5BrClN/c1-23-18-12-15-6-3-2-5-14(15)11-16(18)20-19-13(9-10-22-20)7-4-8-17(19)21;1-9-7-10-5-3-4-6-11(10)8-12(9)13-2;10-7-3-1-2-6-4-5-12-9(11)8(6)7/h2-12H,1H3;3-8H,1-2H3;1-5H. The summed E-state index contributed by atoms with van der Waals surface area (Å²) in [6.07, 6.45) is 3.55. The highest BCUT2D eigenvalue weighted by Gasteiger charge is 2.14. The number of nitrogens with zero attached hydrogens (tertiary/aromatic N) is 2. The minimum Gasteiger partial charge on any atom is -0.496 e. The highest BCUT2D eigenvalue weighted by atomic mass is 79.9. The van der Waals surface area contributed by atoms with Crippen LogP contribution in [-0.4, -0.2) is 24.2 Å². The molecule has 6 aromatic carbocycles. The molecule has 0 aliphatic heterocycles. The van der Waals surface area contributed by atoms with Crippen molar-refractivity contribution in [1.82, 2.24) is 9.97 Å². The molecule has 0 aliphatic carbocycles. The predicted molar refractivity (Wildman–Crippen MR) is 209 cm³/mol. The van der Waals surface area contributed by atoms with Gasteiger partial charge in [-0.2, -0.15) is 0 Å². The lowest BCUT2D eigenvalue weighted by Crippen LogP contribution is -1.92. The zero-order valence-electron chi connectivity index (χ0n) is 26.5. The highest BCUT2D eigenvalue weighted by Crippen LogP contribution is 2.39. The molecule has 0 bridgehead atoms. The van der Waals surface area contributed by atoms with Crippen molar-refractivity contribution in [2.24, 2.45) is 0 Å². The molecule has 8 aromatic rings. The van der Waals surface area contributed by atoms with Crippen LogP contribution in [0.25, 0.3) is 54.3 Å². The van der Waals surface area contributed by atoms with Gasteiger partial charge in [-0.15, -0.1) is 0 Å². The third-order valence-electron chi connectivity index (χ3n) is 8.02. The van der Waals surface area contributed by atoms with E-state index in [0.29, 0.717) is 5.15 Å². The molecule has 0 N–H and O–H groups in total. The molecule has 0 atom stereocenters. The Labute approximate surface area is 301 Å². The fourth-order valence-corrected chi connectivity index (χ4v) is 7.18. The van der Waals surface area contributed by atoms with Gasteiger partial charge in [0.25, 0.3) is 0 Å². The lowest BCUT2D eigenvalue weighted by atomic mass is 9.99. The third kappa shape index (κ3) is 7.16. The number of methoxy groups -OCH3 is 2. The molecule has 0 fully saturated rings. The van der Waals surface area contributed by atoms with Crippen LogP contribution in [0.2, 0.25) is 5.15 Å². The second-order valence-corrected chi connectivity index (χ2v) is 13.1. The second-order valence-electron chi connectivity index (χ2n) is 11.0. The van der Waals surface area contributed by atoms with Crippen LogP contribution in [0, 0.1) is 6.92 Å². The van der Waals surface area contributed by atoms with Gasteiger partial charge in [0.1, 0.15) is 16.7 Å². The summed E-state index contributed by atoms with van der Waals surface area (Å²) >= 11 is 13.0. The fraction of sp³-hybridized carbons (Fsp3) is 0.0732. The van der Waals surface area contributed by atoms with Crippen molar-refractivity contribution in [3.63, 3.8) is 0 Å². The van der Waals surface area contributed by atoms with Gasteiger partial charge in [0.15, 0.2) is 0 Å². The van der Waals surface area contributed by atoms with Crippen molar-refractivity contribution in [1.29, 1.82) is 0 Å². The number of hydrogen-bond donors (Lipinski definition) is 0. The summed E-state index contributed by atoms with van der Waals surface area (Å²) < 4.78 is 12.9. The summed E-state index contributed by atoms with van der Waals surface area (Å²) in [5, 5.41) is 9.70. The second kappa shape index (κ2) is 15.2. The molecular formula is C41H31Br2ClN2O2. The van der Waals surface area contributed by atoms with Crippen LogP contribution in [0.5, 0.6) is 11.5 Å². The molecule has 2 aromatic heterocycles. The quantitative estimate of drug-likeness (QED) is 0.168. The van der Waals surface area contributed by atoms with Gasteiger partial charge in [0.05, 0.1) is 19.9 Å². The number of aryl methyl sites for hydroxylation is 1. The molecule has 2 heterocycles. The van der Waals surface area contributed by atoms with Crippen LogP contribution in [0.1, 0.15) is 5.56 Å². The number of benzene rings is 6. The number of ether oxygens (including phenoxy) is 2. The van der Waals surface area contributed by atoms with Crippen LogP contribution in [-0.2, 0) is 0 Å². The van der Waals surface area contributed by atoms with Crippen LogP contribution < -0.4 is 9.47 Å². The van der Waals surface area contributed by atoms with Gasteiger partial charge >= 0.3 is 0 Å². The Hall–Kier alpha value is -4.49. The van der Waals surface area contributed by atoms with Gasteiger partial charge in [0.2, 0.25) is 0 Å². The minimum absolute atomic E-state index is 0.542. The van der Waals surface area contributed by atoms with Gasteiger partial charge in [-0.25, -0.2) is 4.98 Å². The van der Waals surface area contributed by atoms with Crippen molar-refractivity contribution in [2.45, 2.75) is 6.92 Å². The first-order valence-electron chi connectivity index (χ1n) is 15.2. The first-order valence-corrected chi connectivity index (χ1v) is 17.2. The van der Waals surface area contributed by atoms with E-state index < -0.39 is 0 Å². The Morgan fingerprint density at radius 3 is 1.58 bits per heavy atom. The molecule has 7 heteroatoms. The average Bonchev–Trinajstić information content (AvgIpc) is 3.11. The third-order valence-corrected chi connectivity index (χ3v) is 9.63. The van der Waals surface area contributed by atoms with E-state index in [2.05, 4.69) is 103 Å². The lowest BCUT2D eigenvalue weighted by molar-refractivity contribution is 0.412. The van der Waals surface area contributed by atoms with E-state index >= 15 is 0 Å². The van der Waals surface area contributed by atoms with Crippen molar-refractivity contribution >= 4 is 86.6 Å². The van der Waals surface area contributed by atoms with E-state index in [1.165, 1.54) is 21.7 Å². The maximum Gasteiger partial charge on any atom is 0.137 e. The van der Waals surface area contributed by atoms with Crippen LogP contribution >= 0.6 is 43.5 Å². The Balaban J connectivity index is 0.000000136. The number of aromatic nitrogens is 2. The molecule has 0 saturated carbocycles. The smallest absolute Gasteiger partial charge is 0.137 e. The monoisotopic (exact) mass is 776 g/mol. The molecule has 48 heavy (non-hydrogen) atoms. The van der Waals surface area contributed by atoms with Gasteiger partial charge < -0.3 is 9.47 Å². The molecular weight excluding hydrogens is 748 g/mol. The molecule has 8 rings (SSSR count). The normalized spacial score (nSPS) is 10.7. The topological polar surface area (TPSA) is 44.2 Å². The van der Waals surface area contributed by atoms with E-state index in [1.54, 1.807) is 20.4 Å². The van der Waals surface area contributed by atoms with Crippen LogP contribution in [0.3, 0.4) is 0 Å². The number of pyridine rings is 2. The molecule has 0 amide bonds. The van der Waals surface area contributed by atoms with Crippen molar-refractivity contribution in [3.8, 4) is 22.8 Å². The molecule has 0 saturated heterocycles. The van der Waals surface area contributed by atoms with E-state index in [4.69, 9.17) is 21.1 Å². The lowest BCUT2D eigenvalue weighted by Gasteiger charge is -2.13. The number of hydrogen-bond acceptors (Lipinski definition) is 4. The van der Waals surface area contributed by atoms with Crippen molar-refractivity contribution < 1.29 is 9.47 Å². The Kier molecular flexibility index (Phi) is 10.6. The largest absolute Gasteiger partial charge is 0.496 e. The average molecular weight is 779 g/mol. The first kappa shape index (κ1) is 33.4. The fourth-order valence-electron chi connectivity index (χ4n) is 5.66. The molecule has 238 valence electrons. The Bertz CT molecular complexity index is 2350. The van der Waals surface area contributed by atoms with Crippen LogP contribution in [0.4, 0.5) is 0 Å². The maximum atomic E-state index is 5.92. The maximum absolute atomic E-state index is 5.92. The summed E-state index contributed by atoms with van der Waals surface area (Å²) in [7, 11) is 3.41. The molecule has 4 nitrogen and oxygen atoms in total. The first-order chi connectivity index (χ1) is 23.4. The van der Waals surface area contributed by atoms with Crippen molar-refractivity contribution in [2.75, 3.05) is 14.2 Å². The van der Waals surface area contributed by atoms with Gasteiger partial charge in [-0.3, -0.25) is 4.98 Å². The molecule has 0 radical (unpaired) electrons. The molecule has 0 spiro atoms. The number of halogens is 3. The Morgan fingerprint density at radius 2 is 1.00 bits per heavy atom. The summed E-state index contributed by atoms with van der Waals surface area (Å²) in [6.45, 7) is 2.06. The zero-order valence-corrected chi connectivity index (χ0v) is 30.5. The predicted octanol–water partition coefficient (Wildman–Crippen LogP) is 12.6. The number of fused-ring (bicyclic) bond motifs is 4. The SMILES string of the molecule is COc1cc2ccccc2cc1-c1nccc2cccc(Br)c12.COc1cc2ccccc2cc1C.Clc1nccc2cccc(Br)c12. The summed E-state index contributed by atoms with van der Waals surface area (Å²) in [4.78, 5) is 8.65. The van der Waals surface area contributed by atoms with E-state index in [0.717, 1.165) is 58.6 Å². The van der Waals surface area contributed by atoms with Gasteiger partial charge in [0, 0.05) is 37.7 Å². The summed E-state index contributed by atoms with van der Waals surface area (Å²) in [5.74, 6) is 1.79. The summed E-state index contributed by atoms with van der Waals surface area (Å²) in [6, 6.07) is 41.1. The van der Waals surface area contributed by atoms with E-state index in [-0.39, 0.29) is 0 Å². The number of rotatable bonds is 3. The minimum atomic E-state index is 0.542. The van der Waals surface area contributed by atoms with Crippen LogP contribution in [0.15, 0.2) is 143 Å². The highest BCUT2D eigenvalue weighted by molar-refractivity contribution is 9.11. The molecule has 0 unspecified atom stereocenters. The Morgan fingerprint density at radius 1 is 0.521 bits per heavy atom. The van der Waals surface area contributed by atoms with E-state index in [1.807, 2.05) is 72.9 Å². The van der Waals surface area contributed by atoms with Gasteiger partial charge in [-0.05, 0) is 93.3 Å². The molecule has 0 aliphatic rings. The van der Waals surface area contributed by atoms with Gasteiger partial charge in [-0.1, -0.05) is 116 Å².